The van der Waals surface area contributed by atoms with Crippen molar-refractivity contribution < 1.29 is 22.7 Å². The van der Waals surface area contributed by atoms with Gasteiger partial charge in [0.1, 0.15) is 5.82 Å². The molecule has 3 rings (SSSR count). The Kier molecular flexibility index (Phi) is 5.49. The number of carbonyl (C=O) groups is 2. The average molecular weight is 413 g/mol. The lowest BCUT2D eigenvalue weighted by Gasteiger charge is -2.11. The fraction of sp³-hybridized carbons (Fsp3) is 0.312. The third-order valence-corrected chi connectivity index (χ3v) is 5.55. The Hall–Kier alpha value is -2.43. The van der Waals surface area contributed by atoms with Crippen LogP contribution in [0, 0.1) is 0 Å². The van der Waals surface area contributed by atoms with E-state index in [0.29, 0.717) is 22.0 Å². The average Bonchev–Trinajstić information content (AvgIpc) is 3.07. The predicted molar refractivity (Wildman–Crippen MR) is 98.4 cm³/mol. The zero-order valence-corrected chi connectivity index (χ0v) is 15.9. The molecule has 2 aromatic rings. The SMILES string of the molecule is COCCNC(=O)C(=O)Nc1c2c(nn1-c1cccc(Cl)c1)CS(=O)(=O)C2. The third-order valence-electron chi connectivity index (χ3n) is 3.87. The number of hydrogen-bond donors (Lipinski definition) is 2. The van der Waals surface area contributed by atoms with Gasteiger partial charge < -0.3 is 15.4 Å². The maximum Gasteiger partial charge on any atom is 0.314 e. The highest BCUT2D eigenvalue weighted by molar-refractivity contribution is 7.90. The number of benzene rings is 1. The summed E-state index contributed by atoms with van der Waals surface area (Å²) in [5.74, 6) is -2.13. The van der Waals surface area contributed by atoms with E-state index < -0.39 is 21.7 Å². The molecule has 0 atom stereocenters. The quantitative estimate of drug-likeness (QED) is 0.549. The highest BCUT2D eigenvalue weighted by Crippen LogP contribution is 2.33. The Morgan fingerprint density at radius 1 is 1.30 bits per heavy atom. The lowest BCUT2D eigenvalue weighted by atomic mass is 10.2. The third kappa shape index (κ3) is 4.29. The molecule has 9 nitrogen and oxygen atoms in total. The number of halogens is 1. The normalized spacial score (nSPS) is 14.6. The van der Waals surface area contributed by atoms with Crippen molar-refractivity contribution in [2.24, 2.45) is 0 Å². The second-order valence-corrected chi connectivity index (χ2v) is 8.40. The number of carbonyl (C=O) groups excluding carboxylic acids is 2. The Labute approximate surface area is 160 Å². The summed E-state index contributed by atoms with van der Waals surface area (Å²) < 4.78 is 30.0. The van der Waals surface area contributed by atoms with Gasteiger partial charge in [0.2, 0.25) is 0 Å². The van der Waals surface area contributed by atoms with Gasteiger partial charge in [-0.25, -0.2) is 13.1 Å². The first-order valence-electron chi connectivity index (χ1n) is 7.96. The summed E-state index contributed by atoms with van der Waals surface area (Å²) in [7, 11) is -1.86. The molecule has 0 radical (unpaired) electrons. The van der Waals surface area contributed by atoms with Gasteiger partial charge in [-0.1, -0.05) is 17.7 Å². The molecule has 0 spiro atoms. The van der Waals surface area contributed by atoms with Crippen LogP contribution in [0.3, 0.4) is 0 Å². The first kappa shape index (κ1) is 19.3. The van der Waals surface area contributed by atoms with Crippen molar-refractivity contribution in [2.75, 3.05) is 25.6 Å². The molecule has 0 unspecified atom stereocenters. The molecule has 0 aliphatic carbocycles. The van der Waals surface area contributed by atoms with E-state index in [0.717, 1.165) is 0 Å². The number of rotatable bonds is 5. The first-order valence-corrected chi connectivity index (χ1v) is 10.2. The smallest absolute Gasteiger partial charge is 0.314 e. The summed E-state index contributed by atoms with van der Waals surface area (Å²) in [6, 6.07) is 6.70. The summed E-state index contributed by atoms with van der Waals surface area (Å²) in [4.78, 5) is 24.2. The molecule has 0 saturated carbocycles. The summed E-state index contributed by atoms with van der Waals surface area (Å²) in [6.45, 7) is 0.426. The standard InChI is InChI=1S/C16H17ClN4O5S/c1-26-6-5-18-15(22)16(23)19-14-12-8-27(24,25)9-13(12)20-21(14)11-4-2-3-10(17)7-11/h2-4,7H,5-6,8-9H2,1H3,(H,18,22)(H,19,23). The number of amides is 2. The van der Waals surface area contributed by atoms with Crippen LogP contribution in [0.25, 0.3) is 5.69 Å². The van der Waals surface area contributed by atoms with E-state index in [9.17, 15) is 18.0 Å². The van der Waals surface area contributed by atoms with E-state index in [1.54, 1.807) is 24.3 Å². The molecular weight excluding hydrogens is 396 g/mol. The number of sulfone groups is 1. The number of fused-ring (bicyclic) bond motifs is 1. The van der Waals surface area contributed by atoms with Crippen LogP contribution in [0.1, 0.15) is 11.3 Å². The van der Waals surface area contributed by atoms with Crippen LogP contribution in [0.5, 0.6) is 0 Å². The molecular formula is C16H17ClN4O5S. The Balaban J connectivity index is 1.93. The van der Waals surface area contributed by atoms with Crippen LogP contribution < -0.4 is 10.6 Å². The monoisotopic (exact) mass is 412 g/mol. The molecule has 1 aromatic carbocycles. The molecule has 2 heterocycles. The fourth-order valence-corrected chi connectivity index (χ4v) is 4.36. The Morgan fingerprint density at radius 3 is 2.78 bits per heavy atom. The first-order chi connectivity index (χ1) is 12.8. The van der Waals surface area contributed by atoms with Crippen LogP contribution in [-0.2, 0) is 35.7 Å². The number of methoxy groups -OCH3 is 1. The molecule has 0 bridgehead atoms. The number of nitrogens with zero attached hydrogens (tertiary/aromatic N) is 2. The highest BCUT2D eigenvalue weighted by Gasteiger charge is 2.33. The lowest BCUT2D eigenvalue weighted by molar-refractivity contribution is -0.136. The molecule has 2 amide bonds. The minimum absolute atomic E-state index is 0.139. The Morgan fingerprint density at radius 2 is 2.07 bits per heavy atom. The van der Waals surface area contributed by atoms with Gasteiger partial charge in [-0.3, -0.25) is 9.59 Å². The zero-order valence-electron chi connectivity index (χ0n) is 14.4. The van der Waals surface area contributed by atoms with Crippen molar-refractivity contribution in [1.29, 1.82) is 0 Å². The molecule has 11 heteroatoms. The summed E-state index contributed by atoms with van der Waals surface area (Å²) in [5.41, 5.74) is 1.24. The maximum atomic E-state index is 12.2. The van der Waals surface area contributed by atoms with E-state index in [2.05, 4.69) is 15.7 Å². The molecule has 1 aliphatic heterocycles. The molecule has 1 aliphatic rings. The largest absolute Gasteiger partial charge is 0.383 e. The van der Waals surface area contributed by atoms with Crippen molar-refractivity contribution in [2.45, 2.75) is 11.5 Å². The van der Waals surface area contributed by atoms with Crippen LogP contribution in [0.2, 0.25) is 5.02 Å². The van der Waals surface area contributed by atoms with Gasteiger partial charge >= 0.3 is 11.8 Å². The molecule has 0 saturated heterocycles. The minimum atomic E-state index is -3.34. The van der Waals surface area contributed by atoms with Gasteiger partial charge in [-0.15, -0.1) is 0 Å². The topological polar surface area (TPSA) is 119 Å². The minimum Gasteiger partial charge on any atom is -0.383 e. The van der Waals surface area contributed by atoms with Gasteiger partial charge in [0.05, 0.1) is 29.5 Å². The fourth-order valence-electron chi connectivity index (χ4n) is 2.68. The van der Waals surface area contributed by atoms with Crippen molar-refractivity contribution >= 4 is 39.1 Å². The van der Waals surface area contributed by atoms with Crippen molar-refractivity contribution in [3.63, 3.8) is 0 Å². The molecule has 2 N–H and O–H groups in total. The van der Waals surface area contributed by atoms with Crippen LogP contribution in [-0.4, -0.2) is 50.3 Å². The molecule has 1 aromatic heterocycles. The van der Waals surface area contributed by atoms with Gasteiger partial charge in [0, 0.05) is 24.2 Å². The molecule has 144 valence electrons. The van der Waals surface area contributed by atoms with Crippen LogP contribution >= 0.6 is 11.6 Å². The molecule has 27 heavy (non-hydrogen) atoms. The second kappa shape index (κ2) is 7.67. The zero-order chi connectivity index (χ0) is 19.6. The van der Waals surface area contributed by atoms with Gasteiger partial charge in [-0.2, -0.15) is 5.10 Å². The number of anilines is 1. The summed E-state index contributed by atoms with van der Waals surface area (Å²) in [6.07, 6.45) is 0. The number of ether oxygens (including phenoxy) is 1. The van der Waals surface area contributed by atoms with E-state index in [1.165, 1.54) is 11.8 Å². The lowest BCUT2D eigenvalue weighted by Crippen LogP contribution is -2.37. The number of hydrogen-bond acceptors (Lipinski definition) is 6. The van der Waals surface area contributed by atoms with E-state index >= 15 is 0 Å². The van der Waals surface area contributed by atoms with Crippen LogP contribution in [0.15, 0.2) is 24.3 Å². The summed E-state index contributed by atoms with van der Waals surface area (Å²) >= 11 is 6.01. The number of aromatic nitrogens is 2. The second-order valence-electron chi connectivity index (χ2n) is 5.90. The van der Waals surface area contributed by atoms with Crippen molar-refractivity contribution in [1.82, 2.24) is 15.1 Å². The van der Waals surface area contributed by atoms with Crippen molar-refractivity contribution in [3.8, 4) is 5.69 Å². The van der Waals surface area contributed by atoms with E-state index in [-0.39, 0.29) is 30.5 Å². The Bertz CT molecular complexity index is 1000. The van der Waals surface area contributed by atoms with E-state index in [4.69, 9.17) is 16.3 Å². The maximum absolute atomic E-state index is 12.2. The van der Waals surface area contributed by atoms with Crippen molar-refractivity contribution in [3.05, 3.63) is 40.5 Å². The van der Waals surface area contributed by atoms with E-state index in [1.807, 2.05) is 0 Å². The van der Waals surface area contributed by atoms with Crippen LogP contribution in [0.4, 0.5) is 5.82 Å². The van der Waals surface area contributed by atoms with Gasteiger partial charge in [0.25, 0.3) is 0 Å². The predicted octanol–water partition coefficient (Wildman–Crippen LogP) is 0.655. The van der Waals surface area contributed by atoms with Gasteiger partial charge in [-0.05, 0) is 18.2 Å². The number of nitrogens with one attached hydrogen (secondary N) is 2. The molecule has 0 fully saturated rings. The summed E-state index contributed by atoms with van der Waals surface area (Å²) in [5, 5.41) is 9.62. The highest BCUT2D eigenvalue weighted by atomic mass is 35.5. The van der Waals surface area contributed by atoms with Gasteiger partial charge in [0.15, 0.2) is 9.84 Å².